The van der Waals surface area contributed by atoms with Crippen molar-refractivity contribution in [2.45, 2.75) is 13.5 Å². The Hall–Kier alpha value is -3.30. The van der Waals surface area contributed by atoms with Gasteiger partial charge in [-0.05, 0) is 61.0 Å². The van der Waals surface area contributed by atoms with Gasteiger partial charge in [-0.1, -0.05) is 53.5 Å². The van der Waals surface area contributed by atoms with E-state index in [1.807, 2.05) is 48.5 Å². The average molecular weight is 364 g/mol. The highest BCUT2D eigenvalue weighted by Crippen LogP contribution is 2.06. The lowest BCUT2D eigenvalue weighted by molar-refractivity contribution is 0.695. The third-order valence-corrected chi connectivity index (χ3v) is 4.24. The highest BCUT2D eigenvalue weighted by molar-refractivity contribution is 5.48. The van der Waals surface area contributed by atoms with Crippen LogP contribution in [-0.2, 0) is 6.54 Å². The van der Waals surface area contributed by atoms with Crippen molar-refractivity contribution in [3.63, 3.8) is 0 Å². The largest absolute Gasteiger partial charge is 0.329 e. The predicted octanol–water partition coefficient (Wildman–Crippen LogP) is 3.84. The summed E-state index contributed by atoms with van der Waals surface area (Å²) in [5.74, 6) is 12.8. The zero-order chi connectivity index (χ0) is 19.6. The van der Waals surface area contributed by atoms with Crippen LogP contribution in [0.1, 0.15) is 33.4 Å². The first-order valence-corrected chi connectivity index (χ1v) is 9.43. The first-order chi connectivity index (χ1) is 13.7. The van der Waals surface area contributed by atoms with Crippen LogP contribution in [-0.4, -0.2) is 13.1 Å². The Balaban J connectivity index is 1.61. The van der Waals surface area contributed by atoms with Crippen LogP contribution in [0.25, 0.3) is 0 Å². The summed E-state index contributed by atoms with van der Waals surface area (Å²) in [6.45, 7) is 4.38. The van der Waals surface area contributed by atoms with E-state index in [1.165, 1.54) is 11.1 Å². The number of hydrogen-bond donors (Lipinski definition) is 2. The molecule has 0 fully saturated rings. The van der Waals surface area contributed by atoms with Crippen LogP contribution in [0.5, 0.6) is 0 Å². The van der Waals surface area contributed by atoms with Gasteiger partial charge in [0.15, 0.2) is 0 Å². The molecule has 3 rings (SSSR count). The van der Waals surface area contributed by atoms with Gasteiger partial charge in [0.25, 0.3) is 0 Å². The summed E-state index contributed by atoms with van der Waals surface area (Å²) in [6, 6.07) is 24.6. The number of benzene rings is 3. The third-order valence-electron chi connectivity index (χ3n) is 4.24. The summed E-state index contributed by atoms with van der Waals surface area (Å²) in [6.07, 6.45) is 0. The average Bonchev–Trinajstić information content (AvgIpc) is 2.74. The lowest BCUT2D eigenvalue weighted by Crippen LogP contribution is -2.21. The predicted molar refractivity (Wildman–Crippen MR) is 117 cm³/mol. The molecule has 3 N–H and O–H groups in total. The van der Waals surface area contributed by atoms with Gasteiger partial charge in [-0.3, -0.25) is 0 Å². The molecule has 3 aromatic rings. The van der Waals surface area contributed by atoms with Gasteiger partial charge in [-0.25, -0.2) is 0 Å². The summed E-state index contributed by atoms with van der Waals surface area (Å²) >= 11 is 0. The molecule has 0 spiro atoms. The van der Waals surface area contributed by atoms with Gasteiger partial charge in [0.1, 0.15) is 0 Å². The number of rotatable bonds is 4. The fraction of sp³-hybridized carbons (Fsp3) is 0.154. The monoisotopic (exact) mass is 364 g/mol. The van der Waals surface area contributed by atoms with Crippen LogP contribution in [0, 0.1) is 30.6 Å². The fourth-order valence-electron chi connectivity index (χ4n) is 2.60. The third kappa shape index (κ3) is 6.15. The normalized spacial score (nSPS) is 9.79. The first-order valence-electron chi connectivity index (χ1n) is 9.43. The molecule has 0 aliphatic carbocycles. The Kier molecular flexibility index (Phi) is 7.05. The van der Waals surface area contributed by atoms with E-state index in [0.717, 1.165) is 35.3 Å². The van der Waals surface area contributed by atoms with Crippen LogP contribution >= 0.6 is 0 Å². The van der Waals surface area contributed by atoms with Crippen LogP contribution in [0.15, 0.2) is 72.8 Å². The van der Waals surface area contributed by atoms with Gasteiger partial charge in [0.05, 0.1) is 0 Å². The minimum atomic E-state index is 0.653. The van der Waals surface area contributed by atoms with Gasteiger partial charge in [0.2, 0.25) is 0 Å². The molecule has 2 nitrogen and oxygen atoms in total. The minimum absolute atomic E-state index is 0.653. The van der Waals surface area contributed by atoms with Gasteiger partial charge >= 0.3 is 0 Å². The Morgan fingerprint density at radius 1 is 0.643 bits per heavy atom. The standard InChI is InChI=1S/C26H24N2/c1-21-2-4-22(5-3-21)6-7-23-8-10-24(11-9-23)12-13-25-14-16-26(17-15-25)20-28-19-18-27/h2-5,8-11,14-17,28H,18-20,27H2,1H3. The van der Waals surface area contributed by atoms with Crippen LogP contribution in [0.2, 0.25) is 0 Å². The van der Waals surface area contributed by atoms with Gasteiger partial charge in [0, 0.05) is 41.9 Å². The maximum Gasteiger partial charge on any atom is 0.0249 e. The molecule has 0 aliphatic rings. The molecule has 28 heavy (non-hydrogen) atoms. The van der Waals surface area contributed by atoms with Crippen molar-refractivity contribution in [3.8, 4) is 23.7 Å². The Labute approximate surface area is 167 Å². The maximum absolute atomic E-state index is 5.48. The van der Waals surface area contributed by atoms with Crippen molar-refractivity contribution in [2.75, 3.05) is 13.1 Å². The van der Waals surface area contributed by atoms with Crippen molar-refractivity contribution in [1.29, 1.82) is 0 Å². The van der Waals surface area contributed by atoms with E-state index in [1.54, 1.807) is 0 Å². The quantitative estimate of drug-likeness (QED) is 0.545. The van der Waals surface area contributed by atoms with Gasteiger partial charge < -0.3 is 11.1 Å². The summed E-state index contributed by atoms with van der Waals surface area (Å²) in [7, 11) is 0. The van der Waals surface area contributed by atoms with Crippen molar-refractivity contribution in [1.82, 2.24) is 5.32 Å². The molecule has 0 radical (unpaired) electrons. The topological polar surface area (TPSA) is 38.0 Å². The molecular weight excluding hydrogens is 340 g/mol. The Morgan fingerprint density at radius 2 is 1.04 bits per heavy atom. The fourth-order valence-corrected chi connectivity index (χ4v) is 2.60. The van der Waals surface area contributed by atoms with Crippen molar-refractivity contribution >= 4 is 0 Å². The van der Waals surface area contributed by atoms with Crippen LogP contribution in [0.3, 0.4) is 0 Å². The van der Waals surface area contributed by atoms with E-state index < -0.39 is 0 Å². The zero-order valence-corrected chi connectivity index (χ0v) is 16.1. The SMILES string of the molecule is Cc1ccc(C#Cc2ccc(C#Cc3ccc(CNCCN)cc3)cc2)cc1. The zero-order valence-electron chi connectivity index (χ0n) is 16.1. The molecule has 3 aromatic carbocycles. The second-order valence-corrected chi connectivity index (χ2v) is 6.61. The van der Waals surface area contributed by atoms with Gasteiger partial charge in [-0.2, -0.15) is 0 Å². The molecule has 0 unspecified atom stereocenters. The van der Waals surface area contributed by atoms with E-state index in [4.69, 9.17) is 5.73 Å². The van der Waals surface area contributed by atoms with Crippen molar-refractivity contribution < 1.29 is 0 Å². The van der Waals surface area contributed by atoms with E-state index in [2.05, 4.69) is 60.2 Å². The summed E-state index contributed by atoms with van der Waals surface area (Å²) < 4.78 is 0. The van der Waals surface area contributed by atoms with E-state index in [9.17, 15) is 0 Å². The number of nitrogens with two attached hydrogens (primary N) is 1. The van der Waals surface area contributed by atoms with Crippen LogP contribution < -0.4 is 11.1 Å². The maximum atomic E-state index is 5.48. The highest BCUT2D eigenvalue weighted by Gasteiger charge is 1.93. The molecule has 0 saturated carbocycles. The lowest BCUT2D eigenvalue weighted by Gasteiger charge is -2.02. The highest BCUT2D eigenvalue weighted by atomic mass is 14.9. The number of hydrogen-bond acceptors (Lipinski definition) is 2. The molecular formula is C26H24N2. The molecule has 0 aliphatic heterocycles. The minimum Gasteiger partial charge on any atom is -0.329 e. The smallest absolute Gasteiger partial charge is 0.0249 e. The summed E-state index contributed by atoms with van der Waals surface area (Å²) in [5.41, 5.74) is 12.0. The summed E-state index contributed by atoms with van der Waals surface area (Å²) in [4.78, 5) is 0. The van der Waals surface area contributed by atoms with E-state index in [-0.39, 0.29) is 0 Å². The molecule has 0 heterocycles. The number of nitrogens with one attached hydrogen (secondary N) is 1. The Morgan fingerprint density at radius 3 is 1.46 bits per heavy atom. The molecule has 0 amide bonds. The lowest BCUT2D eigenvalue weighted by atomic mass is 10.1. The molecule has 0 atom stereocenters. The van der Waals surface area contributed by atoms with E-state index >= 15 is 0 Å². The van der Waals surface area contributed by atoms with Crippen molar-refractivity contribution in [2.24, 2.45) is 5.73 Å². The first kappa shape index (κ1) is 19.5. The molecule has 2 heteroatoms. The molecule has 138 valence electrons. The second-order valence-electron chi connectivity index (χ2n) is 6.61. The summed E-state index contributed by atoms with van der Waals surface area (Å²) in [5, 5.41) is 3.28. The molecule has 0 aromatic heterocycles. The second kappa shape index (κ2) is 10.1. The van der Waals surface area contributed by atoms with Gasteiger partial charge in [-0.15, -0.1) is 0 Å². The Bertz CT molecular complexity index is 1010. The van der Waals surface area contributed by atoms with E-state index in [0.29, 0.717) is 6.54 Å². The number of aryl methyl sites for hydroxylation is 1. The molecule has 0 bridgehead atoms. The van der Waals surface area contributed by atoms with Crippen molar-refractivity contribution in [3.05, 3.63) is 106 Å². The van der Waals surface area contributed by atoms with Crippen LogP contribution in [0.4, 0.5) is 0 Å². The molecule has 0 saturated heterocycles.